The lowest BCUT2D eigenvalue weighted by molar-refractivity contribution is -0.113. The van der Waals surface area contributed by atoms with Gasteiger partial charge in [0.05, 0.1) is 15.6 Å². The third-order valence-corrected chi connectivity index (χ3v) is 5.55. The molecule has 0 unspecified atom stereocenters. The number of anilines is 1. The molecule has 0 spiro atoms. The second-order valence-corrected chi connectivity index (χ2v) is 8.10. The summed E-state index contributed by atoms with van der Waals surface area (Å²) in [4.78, 5) is 20.1. The SMILES string of the molecule is Cc1cccc(N2C(=O)/C(=C/c3ccc(O)c(Cl)c3)SC2=NC(C)C)c1C. The first kappa shape index (κ1) is 19.5. The van der Waals surface area contributed by atoms with E-state index in [1.54, 1.807) is 23.1 Å². The predicted octanol–water partition coefficient (Wildman–Crippen LogP) is 5.55. The summed E-state index contributed by atoms with van der Waals surface area (Å²) in [6.45, 7) is 8.01. The Bertz CT molecular complexity index is 967. The monoisotopic (exact) mass is 400 g/mol. The molecule has 6 heteroatoms. The van der Waals surface area contributed by atoms with Crippen molar-refractivity contribution in [1.82, 2.24) is 0 Å². The average Bonchev–Trinajstić information content (AvgIpc) is 2.88. The van der Waals surface area contributed by atoms with Crippen LogP contribution in [-0.2, 0) is 4.79 Å². The van der Waals surface area contributed by atoms with Crippen LogP contribution in [0.3, 0.4) is 0 Å². The number of nitrogens with zero attached hydrogens (tertiary/aromatic N) is 2. The van der Waals surface area contributed by atoms with Crippen LogP contribution in [0.2, 0.25) is 5.02 Å². The van der Waals surface area contributed by atoms with E-state index in [4.69, 9.17) is 11.6 Å². The molecule has 2 aromatic rings. The highest BCUT2D eigenvalue weighted by atomic mass is 35.5. The molecule has 0 bridgehead atoms. The molecule has 4 nitrogen and oxygen atoms in total. The van der Waals surface area contributed by atoms with Gasteiger partial charge in [-0.2, -0.15) is 0 Å². The molecular weight excluding hydrogens is 380 g/mol. The largest absolute Gasteiger partial charge is 0.506 e. The Morgan fingerprint density at radius 1 is 1.22 bits per heavy atom. The van der Waals surface area contributed by atoms with Crippen molar-refractivity contribution in [3.05, 3.63) is 63.0 Å². The molecule has 1 aliphatic heterocycles. The number of aliphatic imine (C=N–C) groups is 1. The summed E-state index contributed by atoms with van der Waals surface area (Å²) in [5.41, 5.74) is 3.77. The van der Waals surface area contributed by atoms with Gasteiger partial charge in [-0.05, 0) is 80.4 Å². The summed E-state index contributed by atoms with van der Waals surface area (Å²) in [5.74, 6) is -0.0967. The van der Waals surface area contributed by atoms with E-state index in [1.165, 1.54) is 17.8 Å². The summed E-state index contributed by atoms with van der Waals surface area (Å²) in [7, 11) is 0. The number of amides is 1. The minimum atomic E-state index is -0.114. The van der Waals surface area contributed by atoms with Crippen molar-refractivity contribution in [2.24, 2.45) is 4.99 Å². The summed E-state index contributed by atoms with van der Waals surface area (Å²) in [5, 5.41) is 10.5. The van der Waals surface area contributed by atoms with E-state index < -0.39 is 0 Å². The molecule has 1 heterocycles. The van der Waals surface area contributed by atoms with Gasteiger partial charge >= 0.3 is 0 Å². The molecule has 1 aliphatic rings. The van der Waals surface area contributed by atoms with Crippen molar-refractivity contribution >= 4 is 46.2 Å². The van der Waals surface area contributed by atoms with E-state index >= 15 is 0 Å². The van der Waals surface area contributed by atoms with E-state index in [1.807, 2.05) is 45.9 Å². The van der Waals surface area contributed by atoms with Gasteiger partial charge in [0.2, 0.25) is 0 Å². The lowest BCUT2D eigenvalue weighted by atomic mass is 10.1. The maximum absolute atomic E-state index is 13.2. The third kappa shape index (κ3) is 4.04. The van der Waals surface area contributed by atoms with Crippen LogP contribution < -0.4 is 4.90 Å². The first-order chi connectivity index (χ1) is 12.8. The van der Waals surface area contributed by atoms with Gasteiger partial charge in [-0.3, -0.25) is 14.7 Å². The highest BCUT2D eigenvalue weighted by Gasteiger charge is 2.35. The number of benzene rings is 2. The van der Waals surface area contributed by atoms with Crippen molar-refractivity contribution in [2.75, 3.05) is 4.90 Å². The summed E-state index contributed by atoms with van der Waals surface area (Å²) < 4.78 is 0. The van der Waals surface area contributed by atoms with E-state index in [0.717, 1.165) is 22.4 Å². The normalized spacial score (nSPS) is 17.6. The number of rotatable bonds is 3. The number of phenolic OH excluding ortho intramolecular Hbond substituents is 1. The fourth-order valence-corrected chi connectivity index (χ4v) is 4.03. The number of hydrogen-bond acceptors (Lipinski definition) is 4. The molecule has 2 aromatic carbocycles. The number of phenols is 1. The Balaban J connectivity index is 2.07. The van der Waals surface area contributed by atoms with Gasteiger partial charge in [-0.1, -0.05) is 29.8 Å². The Kier molecular flexibility index (Phi) is 5.63. The zero-order valence-electron chi connectivity index (χ0n) is 15.7. The van der Waals surface area contributed by atoms with Crippen LogP contribution in [0.1, 0.15) is 30.5 Å². The van der Waals surface area contributed by atoms with Gasteiger partial charge in [-0.15, -0.1) is 0 Å². The zero-order chi connectivity index (χ0) is 19.7. The molecule has 0 radical (unpaired) electrons. The van der Waals surface area contributed by atoms with Crippen LogP contribution in [0, 0.1) is 13.8 Å². The van der Waals surface area contributed by atoms with Gasteiger partial charge in [0, 0.05) is 6.04 Å². The van der Waals surface area contributed by atoms with Crippen LogP contribution in [0.5, 0.6) is 5.75 Å². The zero-order valence-corrected chi connectivity index (χ0v) is 17.2. The Hall–Kier alpha value is -2.24. The Labute approximate surface area is 168 Å². The second kappa shape index (κ2) is 7.79. The van der Waals surface area contributed by atoms with Gasteiger partial charge in [-0.25, -0.2) is 0 Å². The minimum absolute atomic E-state index is 0.0169. The summed E-state index contributed by atoms with van der Waals surface area (Å²) in [6.07, 6.45) is 1.78. The van der Waals surface area contributed by atoms with E-state index in [-0.39, 0.29) is 22.7 Å². The smallest absolute Gasteiger partial charge is 0.271 e. The molecule has 1 amide bonds. The highest BCUT2D eigenvalue weighted by molar-refractivity contribution is 8.19. The Morgan fingerprint density at radius 2 is 1.96 bits per heavy atom. The molecule has 0 saturated carbocycles. The van der Waals surface area contributed by atoms with Gasteiger partial charge < -0.3 is 5.11 Å². The van der Waals surface area contributed by atoms with Crippen molar-refractivity contribution in [3.8, 4) is 5.75 Å². The lowest BCUT2D eigenvalue weighted by Crippen LogP contribution is -2.30. The van der Waals surface area contributed by atoms with Crippen LogP contribution in [0.25, 0.3) is 6.08 Å². The number of halogens is 1. The summed E-state index contributed by atoms with van der Waals surface area (Å²) >= 11 is 7.34. The van der Waals surface area contributed by atoms with Crippen LogP contribution in [-0.4, -0.2) is 22.2 Å². The van der Waals surface area contributed by atoms with Crippen LogP contribution in [0.15, 0.2) is 46.3 Å². The van der Waals surface area contributed by atoms with Crippen molar-refractivity contribution in [2.45, 2.75) is 33.7 Å². The molecule has 1 fully saturated rings. The molecule has 3 rings (SSSR count). The first-order valence-corrected chi connectivity index (χ1v) is 9.84. The number of aromatic hydroxyl groups is 1. The predicted molar refractivity (Wildman–Crippen MR) is 115 cm³/mol. The molecule has 140 valence electrons. The lowest BCUT2D eigenvalue weighted by Gasteiger charge is -2.19. The average molecular weight is 401 g/mol. The number of amidine groups is 1. The third-order valence-electron chi connectivity index (χ3n) is 4.26. The van der Waals surface area contributed by atoms with Crippen molar-refractivity contribution in [1.29, 1.82) is 0 Å². The van der Waals surface area contributed by atoms with Crippen molar-refractivity contribution < 1.29 is 9.90 Å². The molecule has 1 N–H and O–H groups in total. The Morgan fingerprint density at radius 3 is 2.63 bits per heavy atom. The number of hydrogen-bond donors (Lipinski definition) is 1. The second-order valence-electron chi connectivity index (χ2n) is 6.69. The van der Waals surface area contributed by atoms with Crippen LogP contribution >= 0.6 is 23.4 Å². The molecule has 0 aromatic heterocycles. The van der Waals surface area contributed by atoms with Gasteiger partial charge in [0.1, 0.15) is 5.75 Å². The number of thioether (sulfide) groups is 1. The summed E-state index contributed by atoms with van der Waals surface area (Å²) in [6, 6.07) is 10.9. The molecular formula is C21H21ClN2O2S. The van der Waals surface area contributed by atoms with Crippen LogP contribution in [0.4, 0.5) is 5.69 Å². The van der Waals surface area contributed by atoms with Gasteiger partial charge in [0.25, 0.3) is 5.91 Å². The molecule has 27 heavy (non-hydrogen) atoms. The molecule has 0 atom stereocenters. The number of carbonyl (C=O) groups is 1. The fraction of sp³-hybridized carbons (Fsp3) is 0.238. The first-order valence-electron chi connectivity index (χ1n) is 8.64. The molecule has 1 saturated heterocycles. The number of aryl methyl sites for hydroxylation is 1. The topological polar surface area (TPSA) is 52.9 Å². The maximum atomic E-state index is 13.2. The van der Waals surface area contributed by atoms with E-state index in [9.17, 15) is 9.90 Å². The highest BCUT2D eigenvalue weighted by Crippen LogP contribution is 2.38. The standard InChI is InChI=1S/C21H21ClN2O2S/c1-12(2)23-21-24(17-7-5-6-13(3)14(17)4)20(26)19(27-21)11-15-8-9-18(25)16(22)10-15/h5-12,25H,1-4H3/b19-11-,23-21?. The fourth-order valence-electron chi connectivity index (χ4n) is 2.74. The minimum Gasteiger partial charge on any atom is -0.506 e. The number of carbonyl (C=O) groups excluding carboxylic acids is 1. The van der Waals surface area contributed by atoms with Crippen molar-refractivity contribution in [3.63, 3.8) is 0 Å². The molecule has 0 aliphatic carbocycles. The maximum Gasteiger partial charge on any atom is 0.271 e. The van der Waals surface area contributed by atoms with Gasteiger partial charge in [0.15, 0.2) is 5.17 Å². The quantitative estimate of drug-likeness (QED) is 0.687. The van der Waals surface area contributed by atoms with E-state index in [0.29, 0.717) is 10.1 Å². The van der Waals surface area contributed by atoms with E-state index in [2.05, 4.69) is 4.99 Å².